The number of likely N-dealkylation sites (tertiary alicyclic amines) is 1. The van der Waals surface area contributed by atoms with E-state index in [-0.39, 0.29) is 12.1 Å². The Bertz CT molecular complexity index is 625. The first-order valence-electron chi connectivity index (χ1n) is 8.18. The average Bonchev–Trinajstić information content (AvgIpc) is 3.02. The molecule has 0 saturated carbocycles. The van der Waals surface area contributed by atoms with Gasteiger partial charge in [-0.3, -0.25) is 0 Å². The number of nitrogens with zero attached hydrogens (tertiary/aromatic N) is 2. The smallest absolute Gasteiger partial charge is 0.317 e. The Kier molecular flexibility index (Phi) is 5.46. The zero-order valence-corrected chi connectivity index (χ0v) is 14.3. The first-order valence-corrected chi connectivity index (χ1v) is 9.00. The Hall–Kier alpha value is -1.66. The largest absolute Gasteiger partial charge is 0.385 e. The predicted molar refractivity (Wildman–Crippen MR) is 92.8 cm³/mol. The lowest BCUT2D eigenvalue weighted by Crippen LogP contribution is -2.45. The average molecular weight is 333 g/mol. The van der Waals surface area contributed by atoms with Gasteiger partial charge in [-0.15, -0.1) is 11.3 Å². The first-order chi connectivity index (χ1) is 11.3. The van der Waals surface area contributed by atoms with Crippen LogP contribution in [0.5, 0.6) is 0 Å². The number of thiazole rings is 1. The summed E-state index contributed by atoms with van der Waals surface area (Å²) in [6.45, 7) is 2.12. The molecule has 0 radical (unpaired) electrons. The zero-order chi connectivity index (χ0) is 16.1. The summed E-state index contributed by atoms with van der Waals surface area (Å²) in [6, 6.07) is 8.29. The summed E-state index contributed by atoms with van der Waals surface area (Å²) in [6.07, 6.45) is 4.04. The van der Waals surface area contributed by atoms with Gasteiger partial charge in [0.05, 0.1) is 16.3 Å². The molecule has 2 aromatic rings. The van der Waals surface area contributed by atoms with E-state index >= 15 is 0 Å². The van der Waals surface area contributed by atoms with Gasteiger partial charge in [0.2, 0.25) is 0 Å². The van der Waals surface area contributed by atoms with E-state index in [4.69, 9.17) is 9.72 Å². The van der Waals surface area contributed by atoms with Crippen molar-refractivity contribution in [3.63, 3.8) is 0 Å². The molecule has 1 aliphatic rings. The van der Waals surface area contributed by atoms with E-state index in [1.165, 1.54) is 4.70 Å². The molecule has 1 aromatic heterocycles. The van der Waals surface area contributed by atoms with Crippen LogP contribution in [0.4, 0.5) is 4.79 Å². The van der Waals surface area contributed by atoms with Crippen molar-refractivity contribution in [2.24, 2.45) is 0 Å². The highest BCUT2D eigenvalue weighted by molar-refractivity contribution is 7.18. The number of hydrogen-bond donors (Lipinski definition) is 1. The second kappa shape index (κ2) is 7.75. The third-order valence-corrected chi connectivity index (χ3v) is 5.30. The number of ether oxygens (including phenoxy) is 1. The molecule has 0 unspecified atom stereocenters. The van der Waals surface area contributed by atoms with E-state index in [0.717, 1.165) is 42.8 Å². The fourth-order valence-electron chi connectivity index (χ4n) is 2.98. The van der Waals surface area contributed by atoms with Crippen LogP contribution < -0.4 is 5.32 Å². The third-order valence-electron chi connectivity index (χ3n) is 4.16. The van der Waals surface area contributed by atoms with E-state index in [2.05, 4.69) is 11.4 Å². The number of urea groups is 1. The standard InChI is InChI=1S/C17H23N3O2S/c1-22-12-6-10-18-17(21)20-11-5-4-8-14(20)16-19-13-7-2-3-9-15(13)23-16/h2-3,7,9,14H,4-6,8,10-12H2,1H3,(H,18,21)/t14-/m0/s1. The summed E-state index contributed by atoms with van der Waals surface area (Å²) in [7, 11) is 1.68. The van der Waals surface area contributed by atoms with Crippen LogP contribution >= 0.6 is 11.3 Å². The maximum absolute atomic E-state index is 12.5. The Morgan fingerprint density at radius 1 is 1.43 bits per heavy atom. The Morgan fingerprint density at radius 2 is 2.30 bits per heavy atom. The van der Waals surface area contributed by atoms with Crippen molar-refractivity contribution in [2.45, 2.75) is 31.7 Å². The van der Waals surface area contributed by atoms with Gasteiger partial charge >= 0.3 is 6.03 Å². The number of benzene rings is 1. The second-order valence-corrected chi connectivity index (χ2v) is 6.87. The second-order valence-electron chi connectivity index (χ2n) is 5.80. The summed E-state index contributed by atoms with van der Waals surface area (Å²) in [5.74, 6) is 0. The van der Waals surface area contributed by atoms with E-state index < -0.39 is 0 Å². The summed E-state index contributed by atoms with van der Waals surface area (Å²) in [5.41, 5.74) is 1.03. The summed E-state index contributed by atoms with van der Waals surface area (Å²) in [4.78, 5) is 19.2. The SMILES string of the molecule is COCCCNC(=O)N1CCCC[C@H]1c1nc2ccccc2s1. The monoisotopic (exact) mass is 333 g/mol. The predicted octanol–water partition coefficient (Wildman–Crippen LogP) is 3.57. The fraction of sp³-hybridized carbons (Fsp3) is 0.529. The topological polar surface area (TPSA) is 54.5 Å². The number of hydrogen-bond acceptors (Lipinski definition) is 4. The van der Waals surface area contributed by atoms with Crippen LogP contribution in [0.15, 0.2) is 24.3 Å². The molecular formula is C17H23N3O2S. The Balaban J connectivity index is 1.71. The van der Waals surface area contributed by atoms with Crippen molar-refractivity contribution in [3.05, 3.63) is 29.3 Å². The molecule has 5 nitrogen and oxygen atoms in total. The molecule has 1 atom stereocenters. The van der Waals surface area contributed by atoms with Crippen molar-refractivity contribution in [2.75, 3.05) is 26.8 Å². The molecule has 2 amide bonds. The van der Waals surface area contributed by atoms with Crippen LogP contribution in [0.1, 0.15) is 36.7 Å². The van der Waals surface area contributed by atoms with Crippen molar-refractivity contribution in [1.82, 2.24) is 15.2 Å². The molecule has 0 aliphatic carbocycles. The van der Waals surface area contributed by atoms with E-state index in [1.807, 2.05) is 23.1 Å². The normalized spacial score (nSPS) is 18.3. The molecule has 1 saturated heterocycles. The molecule has 1 aromatic carbocycles. The third kappa shape index (κ3) is 3.82. The van der Waals surface area contributed by atoms with Gasteiger partial charge in [0.25, 0.3) is 0 Å². The number of piperidine rings is 1. The van der Waals surface area contributed by atoms with Gasteiger partial charge in [0.1, 0.15) is 5.01 Å². The quantitative estimate of drug-likeness (QED) is 0.851. The first kappa shape index (κ1) is 16.2. The van der Waals surface area contributed by atoms with Crippen LogP contribution in [0.2, 0.25) is 0 Å². The summed E-state index contributed by atoms with van der Waals surface area (Å²) in [5, 5.41) is 4.06. The van der Waals surface area contributed by atoms with Gasteiger partial charge in [-0.25, -0.2) is 9.78 Å². The molecule has 2 heterocycles. The highest BCUT2D eigenvalue weighted by atomic mass is 32.1. The Labute approximate surface area is 140 Å². The highest BCUT2D eigenvalue weighted by Crippen LogP contribution is 2.35. The minimum absolute atomic E-state index is 0.0186. The van der Waals surface area contributed by atoms with Crippen LogP contribution in [0.3, 0.4) is 0 Å². The molecule has 1 fully saturated rings. The molecule has 0 spiro atoms. The van der Waals surface area contributed by atoms with Gasteiger partial charge < -0.3 is 15.0 Å². The van der Waals surface area contributed by atoms with E-state index in [9.17, 15) is 4.79 Å². The molecule has 1 aliphatic heterocycles. The van der Waals surface area contributed by atoms with Crippen LogP contribution in [0, 0.1) is 0 Å². The van der Waals surface area contributed by atoms with Crippen molar-refractivity contribution >= 4 is 27.6 Å². The molecule has 6 heteroatoms. The fourth-order valence-corrected chi connectivity index (χ4v) is 4.09. The number of nitrogens with one attached hydrogen (secondary N) is 1. The van der Waals surface area contributed by atoms with Gasteiger partial charge in [-0.2, -0.15) is 0 Å². The van der Waals surface area contributed by atoms with Crippen LogP contribution in [-0.2, 0) is 4.74 Å². The number of para-hydroxylation sites is 1. The number of fused-ring (bicyclic) bond motifs is 1. The Morgan fingerprint density at radius 3 is 3.13 bits per heavy atom. The number of aromatic nitrogens is 1. The maximum Gasteiger partial charge on any atom is 0.317 e. The van der Waals surface area contributed by atoms with Crippen LogP contribution in [-0.4, -0.2) is 42.7 Å². The number of rotatable bonds is 5. The van der Waals surface area contributed by atoms with Crippen molar-refractivity contribution < 1.29 is 9.53 Å². The van der Waals surface area contributed by atoms with Crippen molar-refractivity contribution in [1.29, 1.82) is 0 Å². The zero-order valence-electron chi connectivity index (χ0n) is 13.5. The molecular weight excluding hydrogens is 310 g/mol. The highest BCUT2D eigenvalue weighted by Gasteiger charge is 2.30. The molecule has 1 N–H and O–H groups in total. The van der Waals surface area contributed by atoms with E-state index in [1.54, 1.807) is 18.4 Å². The molecule has 23 heavy (non-hydrogen) atoms. The lowest BCUT2D eigenvalue weighted by atomic mass is 10.0. The van der Waals surface area contributed by atoms with Crippen LogP contribution in [0.25, 0.3) is 10.2 Å². The van der Waals surface area contributed by atoms with E-state index in [0.29, 0.717) is 13.2 Å². The van der Waals surface area contributed by atoms with Crippen molar-refractivity contribution in [3.8, 4) is 0 Å². The lowest BCUT2D eigenvalue weighted by Gasteiger charge is -2.34. The van der Waals surface area contributed by atoms with Gasteiger partial charge in [-0.1, -0.05) is 12.1 Å². The van der Waals surface area contributed by atoms with Gasteiger partial charge in [0, 0.05) is 26.8 Å². The minimum Gasteiger partial charge on any atom is -0.385 e. The number of carbonyl (C=O) groups excluding carboxylic acids is 1. The minimum atomic E-state index is 0.0186. The summed E-state index contributed by atoms with van der Waals surface area (Å²) < 4.78 is 6.21. The molecule has 124 valence electrons. The summed E-state index contributed by atoms with van der Waals surface area (Å²) >= 11 is 1.70. The number of carbonyl (C=O) groups is 1. The molecule has 3 rings (SSSR count). The lowest BCUT2D eigenvalue weighted by molar-refractivity contribution is 0.149. The van der Waals surface area contributed by atoms with Gasteiger partial charge in [-0.05, 0) is 37.8 Å². The van der Waals surface area contributed by atoms with Gasteiger partial charge in [0.15, 0.2) is 0 Å². The molecule has 0 bridgehead atoms. The number of amides is 2. The maximum atomic E-state index is 12.5. The number of methoxy groups -OCH3 is 1.